The largest absolute Gasteiger partial charge is 0.355 e. The zero-order valence-electron chi connectivity index (χ0n) is 12.7. The van der Waals surface area contributed by atoms with Gasteiger partial charge < -0.3 is 5.32 Å². The number of anilines is 2. The molecule has 1 aliphatic heterocycles. The van der Waals surface area contributed by atoms with Crippen LogP contribution in [0.5, 0.6) is 0 Å². The summed E-state index contributed by atoms with van der Waals surface area (Å²) in [6.45, 7) is 5.83. The second-order valence-corrected chi connectivity index (χ2v) is 6.03. The van der Waals surface area contributed by atoms with E-state index in [0.29, 0.717) is 0 Å². The van der Waals surface area contributed by atoms with Crippen LogP contribution in [-0.4, -0.2) is 18.0 Å². The van der Waals surface area contributed by atoms with Crippen molar-refractivity contribution in [1.29, 1.82) is 0 Å². The normalized spacial score (nSPS) is 16.8. The molecule has 0 unspecified atom stereocenters. The summed E-state index contributed by atoms with van der Waals surface area (Å²) in [5, 5.41) is 3.52. The highest BCUT2D eigenvalue weighted by atomic mass is 15.1. The van der Waals surface area contributed by atoms with Gasteiger partial charge in [0.05, 0.1) is 0 Å². The predicted molar refractivity (Wildman–Crippen MR) is 88.7 cm³/mol. The lowest BCUT2D eigenvalue weighted by atomic mass is 9.98. The van der Waals surface area contributed by atoms with Crippen molar-refractivity contribution in [3.05, 3.63) is 60.2 Å². The molecule has 2 nitrogen and oxygen atoms in total. The topological polar surface area (TPSA) is 15.3 Å². The first-order valence-corrected chi connectivity index (χ1v) is 7.84. The standard InChI is InChI=1S/C19H23N2/c1-16-11-13-21(14-12-16)15-17-7-5-6-10-19(17)20-18-8-3-2-4-9-18/h3-10,16,20H,11-15H2,1H3. The molecule has 3 rings (SSSR count). The first-order valence-electron chi connectivity index (χ1n) is 7.84. The summed E-state index contributed by atoms with van der Waals surface area (Å²) in [5.74, 6) is 0.884. The highest BCUT2D eigenvalue weighted by molar-refractivity contribution is 5.62. The Balaban J connectivity index is 1.70. The van der Waals surface area contributed by atoms with Crippen LogP contribution in [0.3, 0.4) is 0 Å². The molecule has 0 aliphatic carbocycles. The highest BCUT2D eigenvalue weighted by Gasteiger charge is 2.16. The zero-order chi connectivity index (χ0) is 14.5. The van der Waals surface area contributed by atoms with Crippen molar-refractivity contribution in [2.75, 3.05) is 18.4 Å². The fourth-order valence-electron chi connectivity index (χ4n) is 2.87. The highest BCUT2D eigenvalue weighted by Crippen LogP contribution is 2.24. The van der Waals surface area contributed by atoms with Crippen LogP contribution in [0.1, 0.15) is 25.3 Å². The van der Waals surface area contributed by atoms with Gasteiger partial charge in [-0.15, -0.1) is 0 Å². The van der Waals surface area contributed by atoms with Crippen LogP contribution in [-0.2, 0) is 6.54 Å². The Morgan fingerprint density at radius 1 is 1.10 bits per heavy atom. The Bertz CT molecular complexity index is 557. The van der Waals surface area contributed by atoms with E-state index in [-0.39, 0.29) is 0 Å². The van der Waals surface area contributed by atoms with Gasteiger partial charge in [-0.25, -0.2) is 0 Å². The molecule has 0 bridgehead atoms. The van der Waals surface area contributed by atoms with Crippen molar-refractivity contribution in [1.82, 2.24) is 4.90 Å². The van der Waals surface area contributed by atoms with Crippen LogP contribution in [0.15, 0.2) is 48.5 Å². The monoisotopic (exact) mass is 279 g/mol. The molecule has 2 heteroatoms. The molecule has 1 aliphatic rings. The SMILES string of the molecule is CC1CCN(Cc2ccccc2Nc2cc[c]cc2)CC1. The number of likely N-dealkylation sites (tertiary alicyclic amines) is 1. The first-order chi connectivity index (χ1) is 10.3. The number of hydrogen-bond donors (Lipinski definition) is 1. The van der Waals surface area contributed by atoms with Crippen LogP contribution in [0.4, 0.5) is 11.4 Å². The molecular weight excluding hydrogens is 256 g/mol. The van der Waals surface area contributed by atoms with Crippen molar-refractivity contribution in [3.8, 4) is 0 Å². The molecule has 1 N–H and O–H groups in total. The van der Waals surface area contributed by atoms with Gasteiger partial charge in [-0.05, 0) is 61.7 Å². The average Bonchev–Trinajstić information content (AvgIpc) is 2.52. The minimum Gasteiger partial charge on any atom is -0.355 e. The van der Waals surface area contributed by atoms with Gasteiger partial charge in [-0.2, -0.15) is 0 Å². The Labute approximate surface area is 127 Å². The van der Waals surface area contributed by atoms with Gasteiger partial charge in [0.2, 0.25) is 0 Å². The fraction of sp³-hybridized carbons (Fsp3) is 0.368. The minimum absolute atomic E-state index is 0.884. The number of nitrogens with zero attached hydrogens (tertiary/aromatic N) is 1. The maximum Gasteiger partial charge on any atom is 0.0429 e. The van der Waals surface area contributed by atoms with E-state index in [0.717, 1.165) is 18.2 Å². The maximum absolute atomic E-state index is 3.52. The van der Waals surface area contributed by atoms with Crippen molar-refractivity contribution < 1.29 is 0 Å². The maximum atomic E-state index is 3.52. The Hall–Kier alpha value is -1.80. The second kappa shape index (κ2) is 6.77. The summed E-state index contributed by atoms with van der Waals surface area (Å²) in [5.41, 5.74) is 3.70. The third kappa shape index (κ3) is 3.85. The fourth-order valence-corrected chi connectivity index (χ4v) is 2.87. The smallest absolute Gasteiger partial charge is 0.0429 e. The van der Waals surface area contributed by atoms with Crippen LogP contribution in [0.25, 0.3) is 0 Å². The number of piperidine rings is 1. The second-order valence-electron chi connectivity index (χ2n) is 6.03. The van der Waals surface area contributed by atoms with Gasteiger partial charge in [0.15, 0.2) is 0 Å². The Morgan fingerprint density at radius 3 is 2.57 bits per heavy atom. The molecule has 0 aromatic heterocycles. The number of benzene rings is 2. The van der Waals surface area contributed by atoms with E-state index < -0.39 is 0 Å². The summed E-state index contributed by atoms with van der Waals surface area (Å²) < 4.78 is 0. The third-order valence-corrected chi connectivity index (χ3v) is 4.28. The van der Waals surface area contributed by atoms with Gasteiger partial charge in [-0.3, -0.25) is 4.90 Å². The average molecular weight is 279 g/mol. The molecular formula is C19H23N2. The van der Waals surface area contributed by atoms with E-state index in [2.05, 4.69) is 59.6 Å². The first kappa shape index (κ1) is 14.2. The number of hydrogen-bond acceptors (Lipinski definition) is 2. The molecule has 1 saturated heterocycles. The number of para-hydroxylation sites is 1. The lowest BCUT2D eigenvalue weighted by Crippen LogP contribution is -2.32. The van der Waals surface area contributed by atoms with Gasteiger partial charge in [0.25, 0.3) is 0 Å². The van der Waals surface area contributed by atoms with Crippen molar-refractivity contribution in [3.63, 3.8) is 0 Å². The molecule has 0 amide bonds. The molecule has 21 heavy (non-hydrogen) atoms. The Morgan fingerprint density at radius 2 is 1.81 bits per heavy atom. The van der Waals surface area contributed by atoms with Crippen LogP contribution >= 0.6 is 0 Å². The molecule has 0 atom stereocenters. The lowest BCUT2D eigenvalue weighted by molar-refractivity contribution is 0.185. The molecule has 0 spiro atoms. The summed E-state index contributed by atoms with van der Waals surface area (Å²) in [6, 6.07) is 19.7. The summed E-state index contributed by atoms with van der Waals surface area (Å²) >= 11 is 0. The molecule has 2 aromatic carbocycles. The van der Waals surface area contributed by atoms with E-state index in [4.69, 9.17) is 0 Å². The zero-order valence-corrected chi connectivity index (χ0v) is 12.7. The quantitative estimate of drug-likeness (QED) is 0.888. The molecule has 1 fully saturated rings. The Kier molecular flexibility index (Phi) is 4.56. The van der Waals surface area contributed by atoms with E-state index in [1.165, 1.54) is 37.2 Å². The van der Waals surface area contributed by atoms with Gasteiger partial charge in [-0.1, -0.05) is 37.3 Å². The number of rotatable bonds is 4. The lowest BCUT2D eigenvalue weighted by Gasteiger charge is -2.30. The van der Waals surface area contributed by atoms with E-state index in [1.54, 1.807) is 0 Å². The minimum atomic E-state index is 0.884. The van der Waals surface area contributed by atoms with Crippen LogP contribution in [0.2, 0.25) is 0 Å². The predicted octanol–water partition coefficient (Wildman–Crippen LogP) is 4.46. The van der Waals surface area contributed by atoms with E-state index in [1.807, 2.05) is 12.1 Å². The summed E-state index contributed by atoms with van der Waals surface area (Å²) in [4.78, 5) is 2.57. The van der Waals surface area contributed by atoms with Crippen molar-refractivity contribution in [2.45, 2.75) is 26.3 Å². The van der Waals surface area contributed by atoms with E-state index >= 15 is 0 Å². The molecule has 1 heterocycles. The summed E-state index contributed by atoms with van der Waals surface area (Å²) in [6.07, 6.45) is 2.65. The van der Waals surface area contributed by atoms with Crippen molar-refractivity contribution >= 4 is 11.4 Å². The van der Waals surface area contributed by atoms with E-state index in [9.17, 15) is 0 Å². The van der Waals surface area contributed by atoms with Crippen LogP contribution in [0, 0.1) is 12.0 Å². The van der Waals surface area contributed by atoms with Gasteiger partial charge in [0, 0.05) is 17.9 Å². The van der Waals surface area contributed by atoms with Gasteiger partial charge >= 0.3 is 0 Å². The number of nitrogens with one attached hydrogen (secondary N) is 1. The molecule has 109 valence electrons. The van der Waals surface area contributed by atoms with Crippen molar-refractivity contribution in [2.24, 2.45) is 5.92 Å². The van der Waals surface area contributed by atoms with Gasteiger partial charge in [0.1, 0.15) is 0 Å². The summed E-state index contributed by atoms with van der Waals surface area (Å²) in [7, 11) is 0. The molecule has 2 aromatic rings. The molecule has 0 saturated carbocycles. The van der Waals surface area contributed by atoms with Crippen LogP contribution < -0.4 is 5.32 Å². The molecule has 1 radical (unpaired) electrons. The third-order valence-electron chi connectivity index (χ3n) is 4.28.